The van der Waals surface area contributed by atoms with Crippen LogP contribution in [-0.2, 0) is 0 Å². The van der Waals surface area contributed by atoms with E-state index in [1.807, 2.05) is 13.8 Å². The molecule has 0 saturated heterocycles. The van der Waals surface area contributed by atoms with Gasteiger partial charge in [-0.3, -0.25) is 4.79 Å². The summed E-state index contributed by atoms with van der Waals surface area (Å²) in [5, 5.41) is 17.6. The SMILES string of the molecule is CCC(CC)(CO)CNC(=O)c1csc(NC)n1. The molecule has 5 nitrogen and oxygen atoms in total. The Hall–Kier alpha value is -1.14. The summed E-state index contributed by atoms with van der Waals surface area (Å²) < 4.78 is 0. The lowest BCUT2D eigenvalue weighted by Crippen LogP contribution is -2.39. The molecule has 1 amide bonds. The van der Waals surface area contributed by atoms with Crippen LogP contribution in [0.5, 0.6) is 0 Å². The molecular formula is C12H21N3O2S. The van der Waals surface area contributed by atoms with Crippen LogP contribution in [0.3, 0.4) is 0 Å². The minimum absolute atomic E-state index is 0.0825. The summed E-state index contributed by atoms with van der Waals surface area (Å²) in [6.45, 7) is 4.60. The fraction of sp³-hybridized carbons (Fsp3) is 0.667. The van der Waals surface area contributed by atoms with Gasteiger partial charge in [0.2, 0.25) is 0 Å². The van der Waals surface area contributed by atoms with E-state index < -0.39 is 0 Å². The fourth-order valence-corrected chi connectivity index (χ4v) is 2.28. The molecule has 0 bridgehead atoms. The summed E-state index contributed by atoms with van der Waals surface area (Å²) in [5.74, 6) is -0.188. The van der Waals surface area contributed by atoms with Crippen molar-refractivity contribution in [2.45, 2.75) is 26.7 Å². The molecule has 6 heteroatoms. The Morgan fingerprint density at radius 1 is 1.50 bits per heavy atom. The molecule has 1 rings (SSSR count). The number of aliphatic hydroxyl groups is 1. The second-order valence-corrected chi connectivity index (χ2v) is 5.19. The van der Waals surface area contributed by atoms with Crippen molar-refractivity contribution >= 4 is 22.4 Å². The molecule has 0 saturated carbocycles. The number of nitrogens with zero attached hydrogens (tertiary/aromatic N) is 1. The zero-order chi connectivity index (χ0) is 13.6. The van der Waals surface area contributed by atoms with Crippen molar-refractivity contribution in [3.8, 4) is 0 Å². The second-order valence-electron chi connectivity index (χ2n) is 4.34. The number of rotatable bonds is 7. The molecule has 0 spiro atoms. The standard InChI is InChI=1S/C12H21N3O2S/c1-4-12(5-2,8-16)7-14-10(17)9-6-18-11(13-3)15-9/h6,16H,4-5,7-8H2,1-3H3,(H,13,15)(H,14,17). The number of aliphatic hydroxyl groups excluding tert-OH is 1. The van der Waals surface area contributed by atoms with E-state index in [-0.39, 0.29) is 17.9 Å². The van der Waals surface area contributed by atoms with E-state index in [1.165, 1.54) is 11.3 Å². The number of hydrogen-bond acceptors (Lipinski definition) is 5. The Kier molecular flexibility index (Phi) is 5.55. The van der Waals surface area contributed by atoms with Gasteiger partial charge in [-0.15, -0.1) is 11.3 Å². The predicted octanol–water partition coefficient (Wildman–Crippen LogP) is 1.71. The molecule has 0 radical (unpaired) electrons. The maximum Gasteiger partial charge on any atom is 0.270 e. The van der Waals surface area contributed by atoms with Crippen molar-refractivity contribution in [3.05, 3.63) is 11.1 Å². The average Bonchev–Trinajstić information content (AvgIpc) is 2.89. The van der Waals surface area contributed by atoms with Gasteiger partial charge in [0.25, 0.3) is 5.91 Å². The van der Waals surface area contributed by atoms with Gasteiger partial charge in [0.05, 0.1) is 6.61 Å². The number of carbonyl (C=O) groups excluding carboxylic acids is 1. The molecule has 18 heavy (non-hydrogen) atoms. The number of carbonyl (C=O) groups is 1. The largest absolute Gasteiger partial charge is 0.396 e. The summed E-state index contributed by atoms with van der Waals surface area (Å²) in [6.07, 6.45) is 1.66. The first kappa shape index (κ1) is 14.9. The summed E-state index contributed by atoms with van der Waals surface area (Å²) in [6, 6.07) is 0. The average molecular weight is 271 g/mol. The summed E-state index contributed by atoms with van der Waals surface area (Å²) in [7, 11) is 1.77. The molecule has 1 aromatic heterocycles. The molecule has 1 heterocycles. The summed E-state index contributed by atoms with van der Waals surface area (Å²) in [4.78, 5) is 16.0. The van der Waals surface area contributed by atoms with E-state index in [4.69, 9.17) is 0 Å². The van der Waals surface area contributed by atoms with Gasteiger partial charge in [-0.1, -0.05) is 13.8 Å². The summed E-state index contributed by atoms with van der Waals surface area (Å²) >= 11 is 1.40. The Bertz CT molecular complexity index is 380. The first-order chi connectivity index (χ1) is 8.60. The predicted molar refractivity (Wildman–Crippen MR) is 74.1 cm³/mol. The van der Waals surface area contributed by atoms with Crippen LogP contribution < -0.4 is 10.6 Å². The van der Waals surface area contributed by atoms with E-state index in [0.717, 1.165) is 18.0 Å². The zero-order valence-corrected chi connectivity index (χ0v) is 11.9. The molecule has 1 aromatic rings. The van der Waals surface area contributed by atoms with Gasteiger partial charge < -0.3 is 15.7 Å². The molecule has 0 aliphatic heterocycles. The number of hydrogen-bond donors (Lipinski definition) is 3. The number of anilines is 1. The van der Waals surface area contributed by atoms with Gasteiger partial charge in [0, 0.05) is 24.4 Å². The lowest BCUT2D eigenvalue weighted by Gasteiger charge is -2.29. The molecule has 102 valence electrons. The highest BCUT2D eigenvalue weighted by Crippen LogP contribution is 2.24. The van der Waals surface area contributed by atoms with Crippen molar-refractivity contribution in [3.63, 3.8) is 0 Å². The van der Waals surface area contributed by atoms with Crippen LogP contribution in [0.2, 0.25) is 0 Å². The number of amides is 1. The molecule has 0 aliphatic rings. The van der Waals surface area contributed by atoms with E-state index in [2.05, 4.69) is 15.6 Å². The van der Waals surface area contributed by atoms with E-state index in [9.17, 15) is 9.90 Å². The maximum atomic E-state index is 11.9. The maximum absolute atomic E-state index is 11.9. The molecule has 0 atom stereocenters. The Morgan fingerprint density at radius 2 is 2.17 bits per heavy atom. The first-order valence-corrected chi connectivity index (χ1v) is 7.01. The van der Waals surface area contributed by atoms with Gasteiger partial charge in [0.15, 0.2) is 5.13 Å². The lowest BCUT2D eigenvalue weighted by molar-refractivity contribution is 0.0847. The van der Waals surface area contributed by atoms with Crippen LogP contribution in [-0.4, -0.2) is 36.2 Å². The minimum Gasteiger partial charge on any atom is -0.396 e. The molecule has 0 fully saturated rings. The number of nitrogens with one attached hydrogen (secondary N) is 2. The molecule has 0 aromatic carbocycles. The highest BCUT2D eigenvalue weighted by molar-refractivity contribution is 7.13. The monoisotopic (exact) mass is 271 g/mol. The van der Waals surface area contributed by atoms with Crippen LogP contribution in [0.4, 0.5) is 5.13 Å². The van der Waals surface area contributed by atoms with Crippen molar-refractivity contribution in [1.29, 1.82) is 0 Å². The highest BCUT2D eigenvalue weighted by atomic mass is 32.1. The van der Waals surface area contributed by atoms with Gasteiger partial charge in [0.1, 0.15) is 5.69 Å². The topological polar surface area (TPSA) is 74.2 Å². The number of aromatic nitrogens is 1. The summed E-state index contributed by atoms with van der Waals surface area (Å²) in [5.41, 5.74) is 0.195. The molecule has 3 N–H and O–H groups in total. The van der Waals surface area contributed by atoms with Crippen molar-refractivity contribution in [2.75, 3.05) is 25.5 Å². The molecule has 0 aliphatic carbocycles. The van der Waals surface area contributed by atoms with Gasteiger partial charge >= 0.3 is 0 Å². The van der Waals surface area contributed by atoms with Crippen LogP contribution >= 0.6 is 11.3 Å². The van der Waals surface area contributed by atoms with E-state index in [1.54, 1.807) is 12.4 Å². The third-order valence-electron chi connectivity index (χ3n) is 3.41. The van der Waals surface area contributed by atoms with Crippen molar-refractivity contribution < 1.29 is 9.90 Å². The normalized spacial score (nSPS) is 11.3. The Labute approximate surface area is 112 Å². The number of thiazole rings is 1. The van der Waals surface area contributed by atoms with E-state index >= 15 is 0 Å². The zero-order valence-electron chi connectivity index (χ0n) is 11.1. The van der Waals surface area contributed by atoms with Gasteiger partial charge in [-0.2, -0.15) is 0 Å². The van der Waals surface area contributed by atoms with Crippen molar-refractivity contribution in [1.82, 2.24) is 10.3 Å². The van der Waals surface area contributed by atoms with E-state index in [0.29, 0.717) is 12.2 Å². The lowest BCUT2D eigenvalue weighted by atomic mass is 9.83. The third kappa shape index (κ3) is 3.43. The smallest absolute Gasteiger partial charge is 0.270 e. The highest BCUT2D eigenvalue weighted by Gasteiger charge is 2.26. The van der Waals surface area contributed by atoms with Gasteiger partial charge in [-0.05, 0) is 12.8 Å². The van der Waals surface area contributed by atoms with Crippen LogP contribution in [0.1, 0.15) is 37.2 Å². The van der Waals surface area contributed by atoms with Crippen LogP contribution in [0, 0.1) is 5.41 Å². The van der Waals surface area contributed by atoms with Crippen LogP contribution in [0.25, 0.3) is 0 Å². The Balaban J connectivity index is 2.59. The molecule has 0 unspecified atom stereocenters. The second kappa shape index (κ2) is 6.70. The van der Waals surface area contributed by atoms with Crippen molar-refractivity contribution in [2.24, 2.45) is 5.41 Å². The van der Waals surface area contributed by atoms with Crippen LogP contribution in [0.15, 0.2) is 5.38 Å². The third-order valence-corrected chi connectivity index (χ3v) is 4.27. The quantitative estimate of drug-likeness (QED) is 0.706. The van der Waals surface area contributed by atoms with Gasteiger partial charge in [-0.25, -0.2) is 4.98 Å². The molecular weight excluding hydrogens is 250 g/mol. The fourth-order valence-electron chi connectivity index (χ4n) is 1.63. The first-order valence-electron chi connectivity index (χ1n) is 6.13. The Morgan fingerprint density at radius 3 is 2.61 bits per heavy atom. The minimum atomic E-state index is -0.225.